The third kappa shape index (κ3) is 2.41. The van der Waals surface area contributed by atoms with E-state index in [1.807, 2.05) is 30.3 Å². The van der Waals surface area contributed by atoms with Gasteiger partial charge < -0.3 is 0 Å². The summed E-state index contributed by atoms with van der Waals surface area (Å²) >= 11 is 0. The normalized spacial score (nSPS) is 22.6. The van der Waals surface area contributed by atoms with Crippen LogP contribution in [-0.4, -0.2) is 5.78 Å². The van der Waals surface area contributed by atoms with Crippen molar-refractivity contribution in [3.63, 3.8) is 0 Å². The van der Waals surface area contributed by atoms with Crippen LogP contribution in [0.5, 0.6) is 0 Å². The fourth-order valence-electron chi connectivity index (χ4n) is 2.52. The van der Waals surface area contributed by atoms with E-state index in [1.54, 1.807) is 0 Å². The van der Waals surface area contributed by atoms with Gasteiger partial charge in [-0.15, -0.1) is 0 Å². The number of hydrogen-bond donors (Lipinski definition) is 0. The number of benzene rings is 1. The number of ketones is 1. The van der Waals surface area contributed by atoms with Crippen LogP contribution in [0.3, 0.4) is 0 Å². The van der Waals surface area contributed by atoms with Crippen molar-refractivity contribution < 1.29 is 4.79 Å². The van der Waals surface area contributed by atoms with Crippen LogP contribution in [0.2, 0.25) is 0 Å². The molecule has 1 fully saturated rings. The third-order valence-electron chi connectivity index (χ3n) is 3.44. The largest absolute Gasteiger partial charge is 0.294 e. The van der Waals surface area contributed by atoms with E-state index in [2.05, 4.69) is 13.0 Å². The first-order chi connectivity index (χ1) is 7.81. The van der Waals surface area contributed by atoms with Crippen LogP contribution in [0.1, 0.15) is 43.0 Å². The van der Waals surface area contributed by atoms with Crippen LogP contribution >= 0.6 is 0 Å². The summed E-state index contributed by atoms with van der Waals surface area (Å²) in [5, 5.41) is 0. The van der Waals surface area contributed by atoms with Gasteiger partial charge in [-0.05, 0) is 32.1 Å². The molecule has 2 rings (SSSR count). The SMILES string of the molecule is C/C=C1/CCCC1CC(=O)c1ccccc1. The van der Waals surface area contributed by atoms with Crippen molar-refractivity contribution in [2.75, 3.05) is 0 Å². The summed E-state index contributed by atoms with van der Waals surface area (Å²) in [6.45, 7) is 2.08. The lowest BCUT2D eigenvalue weighted by Crippen LogP contribution is -2.07. The van der Waals surface area contributed by atoms with Crippen LogP contribution in [-0.2, 0) is 0 Å². The highest BCUT2D eigenvalue weighted by molar-refractivity contribution is 5.96. The molecule has 0 aromatic heterocycles. The second-order valence-corrected chi connectivity index (χ2v) is 4.45. The van der Waals surface area contributed by atoms with Gasteiger partial charge in [-0.3, -0.25) is 4.79 Å². The van der Waals surface area contributed by atoms with Crippen molar-refractivity contribution >= 4 is 5.78 Å². The van der Waals surface area contributed by atoms with E-state index in [4.69, 9.17) is 0 Å². The topological polar surface area (TPSA) is 17.1 Å². The lowest BCUT2D eigenvalue weighted by molar-refractivity contribution is 0.0968. The van der Waals surface area contributed by atoms with Gasteiger partial charge in [0.25, 0.3) is 0 Å². The fourth-order valence-corrected chi connectivity index (χ4v) is 2.52. The number of Topliss-reactive ketones (excluding diaryl/α,β-unsaturated/α-hetero) is 1. The molecule has 16 heavy (non-hydrogen) atoms. The van der Waals surface area contributed by atoms with Crippen molar-refractivity contribution in [1.82, 2.24) is 0 Å². The molecule has 1 saturated carbocycles. The predicted octanol–water partition coefficient (Wildman–Crippen LogP) is 4.01. The molecule has 0 aliphatic heterocycles. The Bertz CT molecular complexity index is 389. The van der Waals surface area contributed by atoms with Gasteiger partial charge >= 0.3 is 0 Å². The first kappa shape index (κ1) is 11.1. The van der Waals surface area contributed by atoms with Crippen LogP contribution in [0, 0.1) is 5.92 Å². The average molecular weight is 214 g/mol. The second-order valence-electron chi connectivity index (χ2n) is 4.45. The van der Waals surface area contributed by atoms with Gasteiger partial charge in [0.05, 0.1) is 0 Å². The number of carbonyl (C=O) groups excluding carboxylic acids is 1. The monoisotopic (exact) mass is 214 g/mol. The summed E-state index contributed by atoms with van der Waals surface area (Å²) in [5.74, 6) is 0.782. The summed E-state index contributed by atoms with van der Waals surface area (Å²) in [7, 11) is 0. The van der Waals surface area contributed by atoms with Gasteiger partial charge in [0.1, 0.15) is 0 Å². The van der Waals surface area contributed by atoms with Crippen molar-refractivity contribution in [3.05, 3.63) is 47.5 Å². The molecule has 1 atom stereocenters. The smallest absolute Gasteiger partial charge is 0.163 e. The van der Waals surface area contributed by atoms with E-state index in [9.17, 15) is 4.79 Å². The number of allylic oxidation sites excluding steroid dienone is 2. The summed E-state index contributed by atoms with van der Waals surface area (Å²) < 4.78 is 0. The lowest BCUT2D eigenvalue weighted by atomic mass is 9.93. The Kier molecular flexibility index (Phi) is 3.55. The summed E-state index contributed by atoms with van der Waals surface area (Å²) in [6.07, 6.45) is 6.48. The zero-order valence-electron chi connectivity index (χ0n) is 9.78. The highest BCUT2D eigenvalue weighted by Crippen LogP contribution is 2.34. The molecule has 1 aliphatic carbocycles. The molecule has 0 N–H and O–H groups in total. The van der Waals surface area contributed by atoms with Gasteiger partial charge in [0.15, 0.2) is 5.78 Å². The van der Waals surface area contributed by atoms with Crippen LogP contribution < -0.4 is 0 Å². The molecule has 1 aliphatic rings. The predicted molar refractivity (Wildman–Crippen MR) is 66.5 cm³/mol. The summed E-state index contributed by atoms with van der Waals surface area (Å²) in [6, 6.07) is 9.62. The molecular weight excluding hydrogens is 196 g/mol. The van der Waals surface area contributed by atoms with E-state index in [0.29, 0.717) is 12.3 Å². The number of carbonyl (C=O) groups is 1. The minimum Gasteiger partial charge on any atom is -0.294 e. The van der Waals surface area contributed by atoms with Gasteiger partial charge in [-0.2, -0.15) is 0 Å². The summed E-state index contributed by atoms with van der Waals surface area (Å²) in [4.78, 5) is 12.0. The molecule has 1 nitrogen and oxygen atoms in total. The Morgan fingerprint density at radius 3 is 2.81 bits per heavy atom. The summed E-state index contributed by atoms with van der Waals surface area (Å²) in [5.41, 5.74) is 2.33. The second kappa shape index (κ2) is 5.11. The Hall–Kier alpha value is -1.37. The molecule has 0 amide bonds. The van der Waals surface area contributed by atoms with Crippen molar-refractivity contribution in [2.24, 2.45) is 5.92 Å². The van der Waals surface area contributed by atoms with E-state index in [1.165, 1.54) is 24.8 Å². The van der Waals surface area contributed by atoms with Crippen LogP contribution in [0.25, 0.3) is 0 Å². The lowest BCUT2D eigenvalue weighted by Gasteiger charge is -2.10. The molecule has 0 heterocycles. The molecule has 1 heteroatoms. The molecule has 1 aromatic rings. The third-order valence-corrected chi connectivity index (χ3v) is 3.44. The first-order valence-electron chi connectivity index (χ1n) is 6.04. The zero-order valence-corrected chi connectivity index (χ0v) is 9.78. The van der Waals surface area contributed by atoms with Gasteiger partial charge in [-0.1, -0.05) is 42.0 Å². The first-order valence-corrected chi connectivity index (χ1v) is 6.04. The Labute approximate surface area is 97.2 Å². The number of hydrogen-bond acceptors (Lipinski definition) is 1. The molecule has 0 bridgehead atoms. The molecule has 1 aromatic carbocycles. The molecular formula is C15H18O. The van der Waals surface area contributed by atoms with Crippen LogP contribution in [0.4, 0.5) is 0 Å². The maximum absolute atomic E-state index is 12.0. The maximum Gasteiger partial charge on any atom is 0.163 e. The van der Waals surface area contributed by atoms with Crippen molar-refractivity contribution in [2.45, 2.75) is 32.6 Å². The van der Waals surface area contributed by atoms with E-state index in [0.717, 1.165) is 5.56 Å². The number of rotatable bonds is 3. The minimum absolute atomic E-state index is 0.284. The molecule has 84 valence electrons. The minimum atomic E-state index is 0.284. The van der Waals surface area contributed by atoms with Gasteiger partial charge in [0.2, 0.25) is 0 Å². The van der Waals surface area contributed by atoms with Gasteiger partial charge in [0, 0.05) is 12.0 Å². The Morgan fingerprint density at radius 2 is 2.12 bits per heavy atom. The molecule has 0 radical (unpaired) electrons. The molecule has 1 unspecified atom stereocenters. The molecule has 0 spiro atoms. The Balaban J connectivity index is 2.03. The van der Waals surface area contributed by atoms with Crippen LogP contribution in [0.15, 0.2) is 42.0 Å². The quantitative estimate of drug-likeness (QED) is 0.549. The Morgan fingerprint density at radius 1 is 1.38 bits per heavy atom. The van der Waals surface area contributed by atoms with Crippen molar-refractivity contribution in [3.8, 4) is 0 Å². The highest BCUT2D eigenvalue weighted by Gasteiger charge is 2.23. The van der Waals surface area contributed by atoms with E-state index < -0.39 is 0 Å². The average Bonchev–Trinajstić information content (AvgIpc) is 2.77. The maximum atomic E-state index is 12.0. The standard InChI is InChI=1S/C15H18O/c1-2-12-9-6-10-14(12)11-15(16)13-7-4-3-5-8-13/h2-5,7-8,14H,6,9-11H2,1H3/b12-2-. The highest BCUT2D eigenvalue weighted by atomic mass is 16.1. The fraction of sp³-hybridized carbons (Fsp3) is 0.400. The van der Waals surface area contributed by atoms with E-state index in [-0.39, 0.29) is 5.78 Å². The molecule has 0 saturated heterocycles. The van der Waals surface area contributed by atoms with Gasteiger partial charge in [-0.25, -0.2) is 0 Å². The van der Waals surface area contributed by atoms with E-state index >= 15 is 0 Å². The van der Waals surface area contributed by atoms with Crippen molar-refractivity contribution in [1.29, 1.82) is 0 Å². The zero-order chi connectivity index (χ0) is 11.4.